The highest BCUT2D eigenvalue weighted by Crippen LogP contribution is 2.22. The molecule has 0 spiro atoms. The lowest BCUT2D eigenvalue weighted by atomic mass is 10.0. The first-order valence-corrected chi connectivity index (χ1v) is 5.68. The maximum atomic E-state index is 13.0. The molecule has 1 aromatic rings. The summed E-state index contributed by atoms with van der Waals surface area (Å²) in [5, 5.41) is 10.8. The summed E-state index contributed by atoms with van der Waals surface area (Å²) in [7, 11) is 0. The van der Waals surface area contributed by atoms with E-state index < -0.39 is 34.1 Å². The van der Waals surface area contributed by atoms with Crippen molar-refractivity contribution in [2.45, 2.75) is 13.0 Å². The summed E-state index contributed by atoms with van der Waals surface area (Å²) in [6.07, 6.45) is -0.616. The van der Waals surface area contributed by atoms with Crippen molar-refractivity contribution in [3.05, 3.63) is 52.3 Å². The van der Waals surface area contributed by atoms with E-state index in [2.05, 4.69) is 6.58 Å². The molecule has 0 saturated carbocycles. The number of halogens is 1. The number of ether oxygens (including phenoxy) is 1. The number of Topliss-reactive ketones (excluding diaryl/α,β-unsaturated/α-hetero) is 1. The van der Waals surface area contributed by atoms with E-state index in [4.69, 9.17) is 4.74 Å². The molecule has 1 rings (SSSR count). The summed E-state index contributed by atoms with van der Waals surface area (Å²) in [5.41, 5.74) is -1.10. The van der Waals surface area contributed by atoms with Gasteiger partial charge in [0, 0.05) is 6.61 Å². The number of benzene rings is 1. The number of hydrogen-bond donors (Lipinski definition) is 0. The van der Waals surface area contributed by atoms with Gasteiger partial charge in [0.25, 0.3) is 5.69 Å². The number of carbonyl (C=O) groups excluding carboxylic acids is 2. The van der Waals surface area contributed by atoms with Crippen molar-refractivity contribution in [3.8, 4) is 0 Å². The summed E-state index contributed by atoms with van der Waals surface area (Å²) < 4.78 is 18.0. The molecule has 0 bridgehead atoms. The third kappa shape index (κ3) is 3.33. The quantitative estimate of drug-likeness (QED) is 0.251. The van der Waals surface area contributed by atoms with Crippen LogP contribution in [0.3, 0.4) is 0 Å². The van der Waals surface area contributed by atoms with Crippen LogP contribution in [-0.2, 0) is 9.53 Å². The Kier molecular flexibility index (Phi) is 5.22. The van der Waals surface area contributed by atoms with E-state index >= 15 is 0 Å². The van der Waals surface area contributed by atoms with Crippen LogP contribution in [0.25, 0.3) is 0 Å². The summed E-state index contributed by atoms with van der Waals surface area (Å²) in [6.45, 7) is 4.86. The lowest BCUT2D eigenvalue weighted by Gasteiger charge is -2.12. The normalized spacial score (nSPS) is 11.7. The van der Waals surface area contributed by atoms with Crippen molar-refractivity contribution in [2.24, 2.45) is 0 Å². The summed E-state index contributed by atoms with van der Waals surface area (Å²) >= 11 is 0. The number of nitro groups is 1. The molecular formula is C13H12FNO5. The van der Waals surface area contributed by atoms with E-state index in [1.54, 1.807) is 6.92 Å². The third-order valence-electron chi connectivity index (χ3n) is 2.45. The highest BCUT2D eigenvalue weighted by molar-refractivity contribution is 6.17. The van der Waals surface area contributed by atoms with Gasteiger partial charge in [0.2, 0.25) is 5.78 Å². The van der Waals surface area contributed by atoms with Crippen LogP contribution in [-0.4, -0.2) is 29.2 Å². The minimum atomic E-state index is -1.51. The van der Waals surface area contributed by atoms with Gasteiger partial charge in [-0.25, -0.2) is 4.39 Å². The van der Waals surface area contributed by atoms with Crippen LogP contribution >= 0.6 is 0 Å². The third-order valence-corrected chi connectivity index (χ3v) is 2.45. The van der Waals surface area contributed by atoms with Gasteiger partial charge in [-0.15, -0.1) is 0 Å². The summed E-state index contributed by atoms with van der Waals surface area (Å²) in [6, 6.07) is 2.48. The van der Waals surface area contributed by atoms with E-state index in [0.717, 1.165) is 18.2 Å². The van der Waals surface area contributed by atoms with Crippen LogP contribution in [0.15, 0.2) is 30.9 Å². The first-order valence-electron chi connectivity index (χ1n) is 5.68. The largest absolute Gasteiger partial charge is 0.362 e. The number of nitrogens with zero attached hydrogens (tertiary/aromatic N) is 1. The summed E-state index contributed by atoms with van der Waals surface area (Å²) in [5.74, 6) is -2.46. The molecule has 7 heteroatoms. The fourth-order valence-corrected chi connectivity index (χ4v) is 1.57. The zero-order chi connectivity index (χ0) is 15.3. The van der Waals surface area contributed by atoms with Crippen LogP contribution in [0.5, 0.6) is 0 Å². The predicted octanol–water partition coefficient (Wildman–Crippen LogP) is 2.08. The Morgan fingerprint density at radius 3 is 2.70 bits per heavy atom. The van der Waals surface area contributed by atoms with Gasteiger partial charge in [0.1, 0.15) is 5.82 Å². The molecular weight excluding hydrogens is 269 g/mol. The second kappa shape index (κ2) is 6.67. The van der Waals surface area contributed by atoms with Gasteiger partial charge in [-0.05, 0) is 25.1 Å². The summed E-state index contributed by atoms with van der Waals surface area (Å²) in [4.78, 5) is 33.7. The molecule has 0 aliphatic rings. The standard InChI is InChI=1S/C13H12FNO5/c1-3-11(16)13(20-4-2)12(17)9-6-5-8(14)7-10(9)15(18)19/h3,5-7,13H,1,4H2,2H3. The fourth-order valence-electron chi connectivity index (χ4n) is 1.57. The first-order chi connectivity index (χ1) is 9.42. The molecule has 0 amide bonds. The van der Waals surface area contributed by atoms with Gasteiger partial charge in [0.05, 0.1) is 16.6 Å². The van der Waals surface area contributed by atoms with Crippen LogP contribution in [0.2, 0.25) is 0 Å². The molecule has 0 aliphatic carbocycles. The van der Waals surface area contributed by atoms with Gasteiger partial charge in [-0.2, -0.15) is 0 Å². The predicted molar refractivity (Wildman–Crippen MR) is 68.0 cm³/mol. The molecule has 0 radical (unpaired) electrons. The van der Waals surface area contributed by atoms with Crippen molar-refractivity contribution in [1.29, 1.82) is 0 Å². The van der Waals surface area contributed by atoms with E-state index in [0.29, 0.717) is 6.07 Å². The SMILES string of the molecule is C=CC(=O)C(OCC)C(=O)c1ccc(F)cc1[N+](=O)[O-]. The molecule has 1 aromatic carbocycles. The lowest BCUT2D eigenvalue weighted by molar-refractivity contribution is -0.385. The molecule has 0 heterocycles. The molecule has 0 saturated heterocycles. The van der Waals surface area contributed by atoms with Crippen LogP contribution in [0, 0.1) is 15.9 Å². The molecule has 106 valence electrons. The average molecular weight is 281 g/mol. The molecule has 0 aromatic heterocycles. The zero-order valence-electron chi connectivity index (χ0n) is 10.7. The zero-order valence-corrected chi connectivity index (χ0v) is 10.7. The topological polar surface area (TPSA) is 86.5 Å². The van der Waals surface area contributed by atoms with E-state index in [1.165, 1.54) is 0 Å². The van der Waals surface area contributed by atoms with Gasteiger partial charge >= 0.3 is 0 Å². The Labute approximate surface area is 114 Å². The van der Waals surface area contributed by atoms with E-state index in [9.17, 15) is 24.1 Å². The molecule has 6 nitrogen and oxygen atoms in total. The monoisotopic (exact) mass is 281 g/mol. The Morgan fingerprint density at radius 2 is 2.20 bits per heavy atom. The lowest BCUT2D eigenvalue weighted by Crippen LogP contribution is -2.32. The van der Waals surface area contributed by atoms with Crippen molar-refractivity contribution in [2.75, 3.05) is 6.61 Å². The number of ketones is 2. The van der Waals surface area contributed by atoms with Crippen LogP contribution in [0.1, 0.15) is 17.3 Å². The molecule has 1 unspecified atom stereocenters. The number of hydrogen-bond acceptors (Lipinski definition) is 5. The second-order valence-electron chi connectivity index (χ2n) is 3.72. The minimum Gasteiger partial charge on any atom is -0.362 e. The fraction of sp³-hybridized carbons (Fsp3) is 0.231. The van der Waals surface area contributed by atoms with Crippen molar-refractivity contribution in [1.82, 2.24) is 0 Å². The Balaban J connectivity index is 3.27. The van der Waals surface area contributed by atoms with Crippen LogP contribution in [0.4, 0.5) is 10.1 Å². The van der Waals surface area contributed by atoms with E-state index in [1.807, 2.05) is 0 Å². The van der Waals surface area contributed by atoms with Crippen molar-refractivity contribution in [3.63, 3.8) is 0 Å². The van der Waals surface area contributed by atoms with Crippen molar-refractivity contribution >= 4 is 17.3 Å². The number of rotatable bonds is 7. The Hall–Kier alpha value is -2.41. The molecule has 0 fully saturated rings. The minimum absolute atomic E-state index is 0.0605. The highest BCUT2D eigenvalue weighted by Gasteiger charge is 2.31. The number of carbonyl (C=O) groups is 2. The van der Waals surface area contributed by atoms with E-state index in [-0.39, 0.29) is 12.2 Å². The van der Waals surface area contributed by atoms with Gasteiger partial charge in [0.15, 0.2) is 11.9 Å². The van der Waals surface area contributed by atoms with Crippen LogP contribution < -0.4 is 0 Å². The smallest absolute Gasteiger partial charge is 0.283 e. The van der Waals surface area contributed by atoms with Gasteiger partial charge in [-0.1, -0.05) is 6.58 Å². The Bertz CT molecular complexity index is 570. The highest BCUT2D eigenvalue weighted by atomic mass is 19.1. The molecule has 0 aliphatic heterocycles. The second-order valence-corrected chi connectivity index (χ2v) is 3.72. The molecule has 1 atom stereocenters. The molecule has 20 heavy (non-hydrogen) atoms. The van der Waals surface area contributed by atoms with Gasteiger partial charge in [-0.3, -0.25) is 19.7 Å². The molecule has 0 N–H and O–H groups in total. The number of nitro benzene ring substituents is 1. The van der Waals surface area contributed by atoms with Crippen molar-refractivity contribution < 1.29 is 23.6 Å². The van der Waals surface area contributed by atoms with Gasteiger partial charge < -0.3 is 4.74 Å². The average Bonchev–Trinajstić information content (AvgIpc) is 2.43. The maximum Gasteiger partial charge on any atom is 0.283 e. The maximum absolute atomic E-state index is 13.0. The first kappa shape index (κ1) is 15.6. The Morgan fingerprint density at radius 1 is 1.55 bits per heavy atom.